The highest BCUT2D eigenvalue weighted by molar-refractivity contribution is 7.27. The predicted octanol–water partition coefficient (Wildman–Crippen LogP) is 13.9. The van der Waals surface area contributed by atoms with Gasteiger partial charge >= 0.3 is 0 Å². The standard InChI is InChI=1S/C47H28N2S2/c1-2-12-29(13-3-1)30-14-10-15-31(26-30)39-27-32(28-40(48-39)37-20-11-19-35-33-16-5-8-22-43(33)50-46(35)37)49-41-21-7-4-18-38(41)45-42(49)25-24-36-34-17-6-9-23-44(34)51-47(36)45/h1-28H. The molecule has 11 aromatic rings. The van der Waals surface area contributed by atoms with Gasteiger partial charge in [-0.1, -0.05) is 127 Å². The number of hydrogen-bond acceptors (Lipinski definition) is 3. The average Bonchev–Trinajstić information content (AvgIpc) is 3.88. The Hall–Kier alpha value is -6.07. The van der Waals surface area contributed by atoms with Crippen molar-refractivity contribution in [1.82, 2.24) is 9.55 Å². The van der Waals surface area contributed by atoms with Gasteiger partial charge in [0.05, 0.1) is 28.1 Å². The molecule has 0 aliphatic rings. The lowest BCUT2D eigenvalue weighted by molar-refractivity contribution is 1.16. The summed E-state index contributed by atoms with van der Waals surface area (Å²) in [6.07, 6.45) is 0. The van der Waals surface area contributed by atoms with E-state index in [9.17, 15) is 0 Å². The Labute approximate surface area is 302 Å². The first-order chi connectivity index (χ1) is 25.3. The zero-order valence-corrected chi connectivity index (χ0v) is 29.0. The maximum atomic E-state index is 5.47. The molecule has 0 radical (unpaired) electrons. The lowest BCUT2D eigenvalue weighted by Crippen LogP contribution is -1.98. The number of hydrogen-bond donors (Lipinski definition) is 0. The molecule has 4 aromatic heterocycles. The normalized spacial score (nSPS) is 11.9. The number of pyridine rings is 1. The van der Waals surface area contributed by atoms with Gasteiger partial charge in [0.2, 0.25) is 0 Å². The minimum atomic E-state index is 0.951. The molecule has 2 nitrogen and oxygen atoms in total. The topological polar surface area (TPSA) is 17.8 Å². The Morgan fingerprint density at radius 2 is 1.00 bits per heavy atom. The molecule has 0 fully saturated rings. The fourth-order valence-corrected chi connectivity index (χ4v) is 10.4. The largest absolute Gasteiger partial charge is 0.309 e. The first-order valence-electron chi connectivity index (χ1n) is 17.2. The van der Waals surface area contributed by atoms with Crippen molar-refractivity contribution in [2.75, 3.05) is 0 Å². The number of benzene rings is 7. The van der Waals surface area contributed by atoms with Crippen LogP contribution in [0, 0.1) is 0 Å². The highest BCUT2D eigenvalue weighted by Gasteiger charge is 2.20. The SMILES string of the molecule is c1ccc(-c2cccc(-c3cc(-n4c5ccccc5c5c6sc7ccccc7c6ccc54)cc(-c4cccc5c4sc4ccccc45)n3)c2)cc1. The van der Waals surface area contributed by atoms with Crippen LogP contribution in [0.4, 0.5) is 0 Å². The van der Waals surface area contributed by atoms with E-state index in [0.29, 0.717) is 0 Å². The Kier molecular flexibility index (Phi) is 6.32. The van der Waals surface area contributed by atoms with Crippen molar-refractivity contribution < 1.29 is 0 Å². The summed E-state index contributed by atoms with van der Waals surface area (Å²) in [6, 6.07) is 61.6. The van der Waals surface area contributed by atoms with Crippen molar-refractivity contribution in [2.24, 2.45) is 0 Å². The summed E-state index contributed by atoms with van der Waals surface area (Å²) in [5, 5.41) is 7.78. The van der Waals surface area contributed by atoms with Gasteiger partial charge in [-0.2, -0.15) is 0 Å². The Balaban J connectivity index is 1.22. The highest BCUT2D eigenvalue weighted by atomic mass is 32.1. The molecule has 0 unspecified atom stereocenters. The molecule has 238 valence electrons. The van der Waals surface area contributed by atoms with Crippen molar-refractivity contribution in [2.45, 2.75) is 0 Å². The van der Waals surface area contributed by atoms with Gasteiger partial charge in [0.15, 0.2) is 0 Å². The smallest absolute Gasteiger partial charge is 0.0744 e. The summed E-state index contributed by atoms with van der Waals surface area (Å²) in [7, 11) is 0. The molecule has 4 heteroatoms. The molecule has 0 saturated carbocycles. The number of nitrogens with zero attached hydrogens (tertiary/aromatic N) is 2. The van der Waals surface area contributed by atoms with E-state index in [1.54, 1.807) is 0 Å². The van der Waals surface area contributed by atoms with E-state index < -0.39 is 0 Å². The maximum absolute atomic E-state index is 5.47. The van der Waals surface area contributed by atoms with Crippen LogP contribution in [0.2, 0.25) is 0 Å². The van der Waals surface area contributed by atoms with E-state index in [1.165, 1.54) is 73.3 Å². The van der Waals surface area contributed by atoms with Gasteiger partial charge in [-0.25, -0.2) is 4.98 Å². The second-order valence-corrected chi connectivity index (χ2v) is 15.2. The van der Waals surface area contributed by atoms with Crippen LogP contribution in [0.3, 0.4) is 0 Å². The lowest BCUT2D eigenvalue weighted by Gasteiger charge is -2.14. The summed E-state index contributed by atoms with van der Waals surface area (Å²) >= 11 is 3.74. The van der Waals surface area contributed by atoms with Crippen LogP contribution in [-0.2, 0) is 0 Å². The fraction of sp³-hybridized carbons (Fsp3) is 0. The van der Waals surface area contributed by atoms with Crippen molar-refractivity contribution in [3.63, 3.8) is 0 Å². The lowest BCUT2D eigenvalue weighted by atomic mass is 10.0. The monoisotopic (exact) mass is 684 g/mol. The quantitative estimate of drug-likeness (QED) is 0.180. The fourth-order valence-electron chi connectivity index (χ4n) is 7.88. The molecule has 0 saturated heterocycles. The molecule has 11 rings (SSSR count). The number of thiophene rings is 2. The van der Waals surface area contributed by atoms with E-state index in [1.807, 2.05) is 22.7 Å². The zero-order valence-electron chi connectivity index (χ0n) is 27.4. The van der Waals surface area contributed by atoms with Gasteiger partial charge in [-0.05, 0) is 53.6 Å². The van der Waals surface area contributed by atoms with Gasteiger partial charge in [-0.3, -0.25) is 0 Å². The minimum Gasteiger partial charge on any atom is -0.309 e. The predicted molar refractivity (Wildman–Crippen MR) is 221 cm³/mol. The van der Waals surface area contributed by atoms with Crippen molar-refractivity contribution in [3.8, 4) is 39.3 Å². The summed E-state index contributed by atoms with van der Waals surface area (Å²) in [4.78, 5) is 5.47. The van der Waals surface area contributed by atoms with Gasteiger partial charge in [0.25, 0.3) is 0 Å². The molecule has 7 aromatic carbocycles. The Morgan fingerprint density at radius 3 is 1.82 bits per heavy atom. The first kappa shape index (κ1) is 28.7. The number of rotatable bonds is 4. The number of aromatic nitrogens is 2. The third kappa shape index (κ3) is 4.44. The van der Waals surface area contributed by atoms with Gasteiger partial charge < -0.3 is 4.57 Å². The van der Waals surface area contributed by atoms with Crippen LogP contribution in [0.5, 0.6) is 0 Å². The third-order valence-electron chi connectivity index (χ3n) is 10.2. The molecule has 0 bridgehead atoms. The van der Waals surface area contributed by atoms with Crippen molar-refractivity contribution in [3.05, 3.63) is 170 Å². The Morgan fingerprint density at radius 1 is 0.392 bits per heavy atom. The van der Waals surface area contributed by atoms with Gasteiger partial charge in [-0.15, -0.1) is 22.7 Å². The van der Waals surface area contributed by atoms with Crippen LogP contribution < -0.4 is 0 Å². The molecule has 0 aliphatic carbocycles. The second-order valence-electron chi connectivity index (χ2n) is 13.1. The van der Waals surface area contributed by atoms with E-state index in [-0.39, 0.29) is 0 Å². The van der Waals surface area contributed by atoms with E-state index in [4.69, 9.17) is 4.98 Å². The second kappa shape index (κ2) is 11.2. The molecule has 51 heavy (non-hydrogen) atoms. The number of fused-ring (bicyclic) bond motifs is 10. The summed E-state index contributed by atoms with van der Waals surface area (Å²) in [6.45, 7) is 0. The number of para-hydroxylation sites is 1. The summed E-state index contributed by atoms with van der Waals surface area (Å²) < 4.78 is 7.67. The maximum Gasteiger partial charge on any atom is 0.0744 e. The first-order valence-corrected chi connectivity index (χ1v) is 18.8. The summed E-state index contributed by atoms with van der Waals surface area (Å²) in [5.74, 6) is 0. The van der Waals surface area contributed by atoms with Crippen LogP contribution in [0.25, 0.3) is 101 Å². The van der Waals surface area contributed by atoms with Crippen LogP contribution in [-0.4, -0.2) is 9.55 Å². The molecular weight excluding hydrogens is 657 g/mol. The summed E-state index contributed by atoms with van der Waals surface area (Å²) in [5.41, 5.74) is 10.0. The molecule has 0 spiro atoms. The Bertz CT molecular complexity index is 3140. The molecule has 0 N–H and O–H groups in total. The molecule has 0 atom stereocenters. The zero-order chi connectivity index (χ0) is 33.5. The average molecular weight is 685 g/mol. The van der Waals surface area contributed by atoms with E-state index >= 15 is 0 Å². The van der Waals surface area contributed by atoms with Crippen LogP contribution in [0.15, 0.2) is 170 Å². The highest BCUT2D eigenvalue weighted by Crippen LogP contribution is 2.45. The van der Waals surface area contributed by atoms with E-state index in [2.05, 4.69) is 174 Å². The van der Waals surface area contributed by atoms with Crippen molar-refractivity contribution in [1.29, 1.82) is 0 Å². The third-order valence-corrected chi connectivity index (χ3v) is 12.6. The van der Waals surface area contributed by atoms with Crippen molar-refractivity contribution >= 4 is 84.8 Å². The molecule has 0 amide bonds. The molecule has 4 heterocycles. The molecular formula is C47H28N2S2. The van der Waals surface area contributed by atoms with Gasteiger partial charge in [0.1, 0.15) is 0 Å². The van der Waals surface area contributed by atoms with Crippen LogP contribution >= 0.6 is 22.7 Å². The van der Waals surface area contributed by atoms with Gasteiger partial charge in [0, 0.05) is 62.2 Å². The van der Waals surface area contributed by atoms with Crippen LogP contribution in [0.1, 0.15) is 0 Å². The molecule has 0 aliphatic heterocycles. The minimum absolute atomic E-state index is 0.951. The van der Waals surface area contributed by atoms with E-state index in [0.717, 1.165) is 28.2 Å².